The second-order valence-corrected chi connectivity index (χ2v) is 5.87. The Labute approximate surface area is 105 Å². The maximum atomic E-state index is 5.57. The molecule has 1 aromatic rings. The van der Waals surface area contributed by atoms with Crippen LogP contribution in [0.5, 0.6) is 0 Å². The largest absolute Gasteiger partial charge is 0.377 e. The van der Waals surface area contributed by atoms with Crippen molar-refractivity contribution in [3.05, 3.63) is 5.01 Å². The van der Waals surface area contributed by atoms with Crippen molar-refractivity contribution in [3.63, 3.8) is 0 Å². The summed E-state index contributed by atoms with van der Waals surface area (Å²) in [6.45, 7) is 5.49. The molecular weight excluding hydrogens is 236 g/mol. The molecule has 1 saturated carbocycles. The monoisotopic (exact) mass is 254 g/mol. The van der Waals surface area contributed by atoms with E-state index >= 15 is 0 Å². The van der Waals surface area contributed by atoms with Crippen molar-refractivity contribution in [2.24, 2.45) is 0 Å². The maximum absolute atomic E-state index is 5.57. The Morgan fingerprint density at radius 2 is 2.35 bits per heavy atom. The summed E-state index contributed by atoms with van der Waals surface area (Å²) in [6.07, 6.45) is 2.65. The molecule has 3 rings (SSSR count). The van der Waals surface area contributed by atoms with E-state index in [0.29, 0.717) is 6.04 Å². The van der Waals surface area contributed by atoms with E-state index in [1.165, 1.54) is 12.8 Å². The molecule has 0 amide bonds. The van der Waals surface area contributed by atoms with Gasteiger partial charge in [-0.3, -0.25) is 0 Å². The average molecular weight is 254 g/mol. The summed E-state index contributed by atoms with van der Waals surface area (Å²) in [5.41, 5.74) is 0. The SMILES string of the molecule is Cc1nnc(N2CCOCC2CNC2CC2)s1. The van der Waals surface area contributed by atoms with Crippen LogP contribution < -0.4 is 10.2 Å². The smallest absolute Gasteiger partial charge is 0.208 e. The van der Waals surface area contributed by atoms with Crippen LogP contribution in [-0.4, -0.2) is 48.6 Å². The Bertz CT molecular complexity index is 379. The fourth-order valence-electron chi connectivity index (χ4n) is 2.07. The Hall–Kier alpha value is -0.720. The summed E-state index contributed by atoms with van der Waals surface area (Å²) in [4.78, 5) is 2.34. The number of rotatable bonds is 4. The quantitative estimate of drug-likeness (QED) is 0.861. The van der Waals surface area contributed by atoms with Crippen molar-refractivity contribution >= 4 is 16.5 Å². The molecule has 1 N–H and O–H groups in total. The first kappa shape index (κ1) is 11.4. The van der Waals surface area contributed by atoms with Crippen molar-refractivity contribution in [2.45, 2.75) is 31.8 Å². The molecular formula is C11H18N4OS. The van der Waals surface area contributed by atoms with Crippen LogP contribution in [0, 0.1) is 6.92 Å². The molecule has 1 saturated heterocycles. The number of nitrogens with zero attached hydrogens (tertiary/aromatic N) is 3. The van der Waals surface area contributed by atoms with E-state index in [4.69, 9.17) is 4.74 Å². The van der Waals surface area contributed by atoms with Gasteiger partial charge in [-0.25, -0.2) is 0 Å². The number of hydrogen-bond donors (Lipinski definition) is 1. The predicted molar refractivity (Wildman–Crippen MR) is 67.6 cm³/mol. The van der Waals surface area contributed by atoms with Crippen LogP contribution in [-0.2, 0) is 4.74 Å². The molecule has 1 atom stereocenters. The van der Waals surface area contributed by atoms with E-state index in [-0.39, 0.29) is 0 Å². The summed E-state index contributed by atoms with van der Waals surface area (Å²) >= 11 is 1.67. The van der Waals surface area contributed by atoms with Gasteiger partial charge in [-0.15, -0.1) is 10.2 Å². The molecule has 6 heteroatoms. The molecule has 1 aromatic heterocycles. The van der Waals surface area contributed by atoms with E-state index in [1.54, 1.807) is 11.3 Å². The number of nitrogens with one attached hydrogen (secondary N) is 1. The van der Waals surface area contributed by atoms with Crippen LogP contribution in [0.25, 0.3) is 0 Å². The topological polar surface area (TPSA) is 50.3 Å². The minimum Gasteiger partial charge on any atom is -0.377 e. The van der Waals surface area contributed by atoms with E-state index in [0.717, 1.165) is 42.5 Å². The normalized spacial score (nSPS) is 25.2. The number of ether oxygens (including phenoxy) is 1. The lowest BCUT2D eigenvalue weighted by atomic mass is 10.2. The minimum absolute atomic E-state index is 0.400. The first-order valence-corrected chi connectivity index (χ1v) is 7.02. The Kier molecular flexibility index (Phi) is 3.26. The molecule has 2 aliphatic rings. The lowest BCUT2D eigenvalue weighted by Gasteiger charge is -2.35. The Morgan fingerprint density at radius 1 is 1.47 bits per heavy atom. The van der Waals surface area contributed by atoms with Gasteiger partial charge < -0.3 is 15.0 Å². The summed E-state index contributed by atoms with van der Waals surface area (Å²) in [7, 11) is 0. The van der Waals surface area contributed by atoms with Crippen LogP contribution >= 0.6 is 11.3 Å². The standard InChI is InChI=1S/C11H18N4OS/c1-8-13-14-11(17-8)15-4-5-16-7-10(15)6-12-9-2-3-9/h9-10,12H,2-7H2,1H3. The first-order chi connectivity index (χ1) is 8.33. The molecule has 0 spiro atoms. The maximum Gasteiger partial charge on any atom is 0.208 e. The van der Waals surface area contributed by atoms with Crippen LogP contribution in [0.1, 0.15) is 17.8 Å². The molecule has 17 heavy (non-hydrogen) atoms. The highest BCUT2D eigenvalue weighted by Crippen LogP contribution is 2.24. The van der Waals surface area contributed by atoms with Crippen molar-refractivity contribution in [1.29, 1.82) is 0 Å². The van der Waals surface area contributed by atoms with Crippen molar-refractivity contribution in [3.8, 4) is 0 Å². The molecule has 0 aromatic carbocycles. The van der Waals surface area contributed by atoms with Gasteiger partial charge in [0.2, 0.25) is 5.13 Å². The highest BCUT2D eigenvalue weighted by atomic mass is 32.1. The number of morpholine rings is 1. The van der Waals surface area contributed by atoms with E-state index in [9.17, 15) is 0 Å². The van der Waals surface area contributed by atoms with Crippen LogP contribution in [0.4, 0.5) is 5.13 Å². The van der Waals surface area contributed by atoms with Gasteiger partial charge in [0.1, 0.15) is 5.01 Å². The molecule has 0 bridgehead atoms. The highest BCUT2D eigenvalue weighted by Gasteiger charge is 2.28. The summed E-state index contributed by atoms with van der Waals surface area (Å²) in [5, 5.41) is 14.0. The molecule has 5 nitrogen and oxygen atoms in total. The van der Waals surface area contributed by atoms with E-state index in [2.05, 4.69) is 20.4 Å². The second-order valence-electron chi connectivity index (χ2n) is 4.71. The number of hydrogen-bond acceptors (Lipinski definition) is 6. The van der Waals surface area contributed by atoms with Gasteiger partial charge in [0.15, 0.2) is 0 Å². The fourth-order valence-corrected chi connectivity index (χ4v) is 2.85. The fraction of sp³-hybridized carbons (Fsp3) is 0.818. The van der Waals surface area contributed by atoms with E-state index in [1.807, 2.05) is 6.92 Å². The number of aryl methyl sites for hydroxylation is 1. The van der Waals surface area contributed by atoms with Gasteiger partial charge in [0.05, 0.1) is 19.3 Å². The van der Waals surface area contributed by atoms with Crippen molar-refractivity contribution in [2.75, 3.05) is 31.2 Å². The Morgan fingerprint density at radius 3 is 3.06 bits per heavy atom. The third-order valence-corrected chi connectivity index (χ3v) is 4.08. The summed E-state index contributed by atoms with van der Waals surface area (Å²) < 4.78 is 5.57. The van der Waals surface area contributed by atoms with Gasteiger partial charge >= 0.3 is 0 Å². The highest BCUT2D eigenvalue weighted by molar-refractivity contribution is 7.15. The van der Waals surface area contributed by atoms with Crippen molar-refractivity contribution < 1.29 is 4.74 Å². The molecule has 1 aliphatic heterocycles. The van der Waals surface area contributed by atoms with Gasteiger partial charge in [-0.2, -0.15) is 0 Å². The summed E-state index contributed by atoms with van der Waals surface area (Å²) in [6, 6.07) is 1.15. The molecule has 1 unspecified atom stereocenters. The van der Waals surface area contributed by atoms with Crippen LogP contribution in [0.2, 0.25) is 0 Å². The number of anilines is 1. The molecule has 2 heterocycles. The lowest BCUT2D eigenvalue weighted by Crippen LogP contribution is -2.51. The minimum atomic E-state index is 0.400. The molecule has 2 fully saturated rings. The van der Waals surface area contributed by atoms with Gasteiger partial charge in [-0.05, 0) is 19.8 Å². The first-order valence-electron chi connectivity index (χ1n) is 6.21. The third kappa shape index (κ3) is 2.75. The second kappa shape index (κ2) is 4.88. The third-order valence-electron chi connectivity index (χ3n) is 3.21. The zero-order chi connectivity index (χ0) is 11.7. The van der Waals surface area contributed by atoms with Crippen LogP contribution in [0.15, 0.2) is 0 Å². The van der Waals surface area contributed by atoms with Gasteiger partial charge in [0, 0.05) is 19.1 Å². The van der Waals surface area contributed by atoms with Crippen molar-refractivity contribution in [1.82, 2.24) is 15.5 Å². The Balaban J connectivity index is 1.65. The molecule has 0 radical (unpaired) electrons. The summed E-state index contributed by atoms with van der Waals surface area (Å²) in [5.74, 6) is 0. The zero-order valence-corrected chi connectivity index (χ0v) is 10.9. The van der Waals surface area contributed by atoms with E-state index < -0.39 is 0 Å². The molecule has 1 aliphatic carbocycles. The number of aromatic nitrogens is 2. The molecule has 94 valence electrons. The predicted octanol–water partition coefficient (Wildman–Crippen LogP) is 0.804. The lowest BCUT2D eigenvalue weighted by molar-refractivity contribution is 0.0935. The van der Waals surface area contributed by atoms with Crippen LogP contribution in [0.3, 0.4) is 0 Å². The van der Waals surface area contributed by atoms with Gasteiger partial charge in [-0.1, -0.05) is 11.3 Å². The zero-order valence-electron chi connectivity index (χ0n) is 10.1. The average Bonchev–Trinajstić information content (AvgIpc) is 3.08. The van der Waals surface area contributed by atoms with Gasteiger partial charge in [0.25, 0.3) is 0 Å².